The molecule has 1 saturated carbocycles. The van der Waals surface area contributed by atoms with Crippen molar-refractivity contribution in [2.45, 2.75) is 39.2 Å². The molecule has 0 atom stereocenters. The fraction of sp³-hybridized carbons (Fsp3) is 0.474. The number of nitrogens with one attached hydrogen (secondary N) is 1. The van der Waals surface area contributed by atoms with E-state index in [1.807, 2.05) is 6.07 Å². The minimum absolute atomic E-state index is 0.0585. The van der Waals surface area contributed by atoms with Gasteiger partial charge >= 0.3 is 5.97 Å². The lowest BCUT2D eigenvalue weighted by atomic mass is 10.1. The van der Waals surface area contributed by atoms with Crippen molar-refractivity contribution in [3.63, 3.8) is 0 Å². The van der Waals surface area contributed by atoms with Crippen LogP contribution >= 0.6 is 0 Å². The first-order valence-electron chi connectivity index (χ1n) is 9.36. The number of hydrogen-bond acceptors (Lipinski definition) is 7. The van der Waals surface area contributed by atoms with Gasteiger partial charge in [-0.1, -0.05) is 12.8 Å². The number of aliphatic imine (C=N–C) groups is 1. The Morgan fingerprint density at radius 2 is 2.30 bits per heavy atom. The molecule has 0 radical (unpaired) electrons. The number of esters is 1. The third kappa shape index (κ3) is 5.06. The second kappa shape index (κ2) is 9.16. The number of rotatable bonds is 8. The number of hydrogen-bond donors (Lipinski definition) is 2. The van der Waals surface area contributed by atoms with Crippen LogP contribution in [0.2, 0.25) is 0 Å². The minimum Gasteiger partial charge on any atom is -0.465 e. The summed E-state index contributed by atoms with van der Waals surface area (Å²) in [5, 5.41) is 4.04. The maximum atomic E-state index is 11.3. The molecule has 0 bridgehead atoms. The largest absolute Gasteiger partial charge is 0.465 e. The minimum atomic E-state index is -0.382. The average Bonchev–Trinajstić information content (AvgIpc) is 3.32. The van der Waals surface area contributed by atoms with Crippen LogP contribution in [0.5, 0.6) is 0 Å². The number of nitrogens with zero attached hydrogens (tertiary/aromatic N) is 4. The topological polar surface area (TPSA) is 107 Å². The molecule has 2 heterocycles. The third-order valence-electron chi connectivity index (χ3n) is 4.62. The number of ether oxygens (including phenoxy) is 1. The molecule has 3 N–H and O–H groups in total. The van der Waals surface area contributed by atoms with Gasteiger partial charge in [0, 0.05) is 36.7 Å². The first kappa shape index (κ1) is 18.9. The van der Waals surface area contributed by atoms with E-state index in [1.165, 1.54) is 38.1 Å². The van der Waals surface area contributed by atoms with Gasteiger partial charge in [0.2, 0.25) is 5.95 Å². The van der Waals surface area contributed by atoms with Crippen LogP contribution in [-0.2, 0) is 16.1 Å². The molecule has 1 fully saturated rings. The van der Waals surface area contributed by atoms with Gasteiger partial charge in [0.05, 0.1) is 12.3 Å². The highest BCUT2D eigenvalue weighted by Gasteiger charge is 2.16. The van der Waals surface area contributed by atoms with Crippen molar-refractivity contribution in [1.29, 1.82) is 0 Å². The van der Waals surface area contributed by atoms with Gasteiger partial charge in [0.1, 0.15) is 12.2 Å². The van der Waals surface area contributed by atoms with Gasteiger partial charge in [0.15, 0.2) is 0 Å². The molecule has 8 heteroatoms. The molecular weight excluding hydrogens is 344 g/mol. The van der Waals surface area contributed by atoms with Gasteiger partial charge in [-0.3, -0.25) is 9.79 Å². The van der Waals surface area contributed by atoms with Crippen molar-refractivity contribution >= 4 is 29.2 Å². The van der Waals surface area contributed by atoms with E-state index in [1.54, 1.807) is 13.1 Å². The van der Waals surface area contributed by atoms with Crippen LogP contribution in [0.4, 0.5) is 5.95 Å². The summed E-state index contributed by atoms with van der Waals surface area (Å²) >= 11 is 0. The van der Waals surface area contributed by atoms with E-state index in [0.717, 1.165) is 23.5 Å². The molecule has 3 rings (SSSR count). The number of anilines is 1. The van der Waals surface area contributed by atoms with Crippen molar-refractivity contribution in [1.82, 2.24) is 14.5 Å². The van der Waals surface area contributed by atoms with E-state index < -0.39 is 0 Å². The summed E-state index contributed by atoms with van der Waals surface area (Å²) in [5.74, 6) is 0.780. The zero-order valence-corrected chi connectivity index (χ0v) is 15.6. The molecule has 0 unspecified atom stereocenters. The van der Waals surface area contributed by atoms with Crippen LogP contribution in [0.1, 0.15) is 32.6 Å². The van der Waals surface area contributed by atoms with Crippen molar-refractivity contribution in [3.8, 4) is 0 Å². The molecule has 0 aromatic carbocycles. The summed E-state index contributed by atoms with van der Waals surface area (Å²) in [6, 6.07) is 2.04. The highest BCUT2D eigenvalue weighted by molar-refractivity contribution is 5.85. The van der Waals surface area contributed by atoms with Crippen LogP contribution in [0.25, 0.3) is 11.0 Å². The van der Waals surface area contributed by atoms with Gasteiger partial charge in [-0.05, 0) is 31.7 Å². The Balaban J connectivity index is 1.68. The number of nitrogens with two attached hydrogens (primary N) is 1. The van der Waals surface area contributed by atoms with Gasteiger partial charge in [-0.15, -0.1) is 0 Å². The van der Waals surface area contributed by atoms with Gasteiger partial charge in [-0.25, -0.2) is 4.98 Å². The normalized spacial score (nSPS) is 15.7. The number of aromatic nitrogens is 3. The SMILES string of the molecule is CCOC(=O)CN=C/C(=C\N)Nc1ncc2ccn(CC3CCCC3)c2n1. The first-order chi connectivity index (χ1) is 13.2. The molecular formula is C19H26N6O2. The highest BCUT2D eigenvalue weighted by Crippen LogP contribution is 2.27. The van der Waals surface area contributed by atoms with Crippen LogP contribution in [0.3, 0.4) is 0 Å². The molecule has 2 aromatic heterocycles. The lowest BCUT2D eigenvalue weighted by Crippen LogP contribution is -2.11. The van der Waals surface area contributed by atoms with Gasteiger partial charge < -0.3 is 20.4 Å². The molecule has 0 aliphatic heterocycles. The summed E-state index contributed by atoms with van der Waals surface area (Å²) in [6.07, 6.45) is 11.9. The van der Waals surface area contributed by atoms with Crippen LogP contribution in [0.15, 0.2) is 35.3 Å². The number of allylic oxidation sites excluding steroid dienone is 1. The van der Waals surface area contributed by atoms with Gasteiger partial charge in [-0.2, -0.15) is 4.98 Å². The van der Waals surface area contributed by atoms with Crippen molar-refractivity contribution in [2.75, 3.05) is 18.5 Å². The fourth-order valence-corrected chi connectivity index (χ4v) is 3.32. The number of fused-ring (bicyclic) bond motifs is 1. The second-order valence-corrected chi connectivity index (χ2v) is 6.61. The highest BCUT2D eigenvalue weighted by atomic mass is 16.5. The Morgan fingerprint density at radius 1 is 1.48 bits per heavy atom. The Hall–Kier alpha value is -2.90. The van der Waals surface area contributed by atoms with E-state index in [4.69, 9.17) is 10.5 Å². The van der Waals surface area contributed by atoms with Gasteiger partial charge in [0.25, 0.3) is 0 Å². The zero-order valence-electron chi connectivity index (χ0n) is 15.6. The Labute approximate surface area is 158 Å². The maximum Gasteiger partial charge on any atom is 0.327 e. The van der Waals surface area contributed by atoms with E-state index >= 15 is 0 Å². The quantitative estimate of drug-likeness (QED) is 0.546. The second-order valence-electron chi connectivity index (χ2n) is 6.61. The third-order valence-corrected chi connectivity index (χ3v) is 4.62. The fourth-order valence-electron chi connectivity index (χ4n) is 3.32. The number of carbonyl (C=O) groups is 1. The van der Waals surface area contributed by atoms with Crippen LogP contribution < -0.4 is 11.1 Å². The molecule has 8 nitrogen and oxygen atoms in total. The van der Waals surface area contributed by atoms with Crippen molar-refractivity contribution in [2.24, 2.45) is 16.6 Å². The van der Waals surface area contributed by atoms with Crippen molar-refractivity contribution in [3.05, 3.63) is 30.4 Å². The predicted molar refractivity (Wildman–Crippen MR) is 105 cm³/mol. The first-order valence-corrected chi connectivity index (χ1v) is 9.36. The summed E-state index contributed by atoms with van der Waals surface area (Å²) < 4.78 is 7.02. The summed E-state index contributed by atoms with van der Waals surface area (Å²) in [6.45, 7) is 3.02. The lowest BCUT2D eigenvalue weighted by Gasteiger charge is -2.11. The lowest BCUT2D eigenvalue weighted by molar-refractivity contribution is -0.141. The molecule has 144 valence electrons. The van der Waals surface area contributed by atoms with Crippen LogP contribution in [-0.4, -0.2) is 39.9 Å². The summed E-state index contributed by atoms with van der Waals surface area (Å²) in [5.41, 5.74) is 7.04. The molecule has 2 aromatic rings. The molecule has 0 saturated heterocycles. The zero-order chi connectivity index (χ0) is 19.1. The Morgan fingerprint density at radius 3 is 3.04 bits per heavy atom. The Kier molecular flexibility index (Phi) is 6.40. The van der Waals surface area contributed by atoms with E-state index in [0.29, 0.717) is 18.3 Å². The monoisotopic (exact) mass is 370 g/mol. The molecule has 1 aliphatic carbocycles. The van der Waals surface area contributed by atoms with Crippen molar-refractivity contribution < 1.29 is 9.53 Å². The van der Waals surface area contributed by atoms with E-state index in [-0.39, 0.29) is 12.5 Å². The predicted octanol–water partition coefficient (Wildman–Crippen LogP) is 2.47. The number of carbonyl (C=O) groups excluding carboxylic acids is 1. The van der Waals surface area contributed by atoms with E-state index in [2.05, 4.69) is 31.0 Å². The van der Waals surface area contributed by atoms with E-state index in [9.17, 15) is 4.79 Å². The smallest absolute Gasteiger partial charge is 0.327 e. The summed E-state index contributed by atoms with van der Waals surface area (Å²) in [4.78, 5) is 24.3. The molecule has 27 heavy (non-hydrogen) atoms. The average molecular weight is 370 g/mol. The molecule has 0 amide bonds. The molecule has 1 aliphatic rings. The van der Waals surface area contributed by atoms with Crippen LogP contribution in [0, 0.1) is 5.92 Å². The molecule has 0 spiro atoms. The summed E-state index contributed by atoms with van der Waals surface area (Å²) in [7, 11) is 0. The Bertz CT molecular complexity index is 836. The maximum absolute atomic E-state index is 11.3. The standard InChI is InChI=1S/C19H26N6O2/c1-2-27-17(26)12-21-11-16(9-20)23-19-22-10-15-7-8-25(18(15)24-19)13-14-5-3-4-6-14/h7-11,14H,2-6,12-13,20H2,1H3,(H,22,23,24)/b16-9+,21-11?.